The minimum atomic E-state index is 0.107. The van der Waals surface area contributed by atoms with Crippen molar-refractivity contribution < 1.29 is 10.2 Å². The lowest BCUT2D eigenvalue weighted by Crippen LogP contribution is -2.44. The van der Waals surface area contributed by atoms with Crippen LogP contribution >= 0.6 is 0 Å². The summed E-state index contributed by atoms with van der Waals surface area (Å²) in [7, 11) is 0. The molecule has 0 aliphatic carbocycles. The number of phenols is 2. The maximum atomic E-state index is 10.0. The molecule has 1 aromatic carbocycles. The van der Waals surface area contributed by atoms with E-state index in [9.17, 15) is 10.2 Å². The van der Waals surface area contributed by atoms with Gasteiger partial charge in [0.05, 0.1) is 0 Å². The molecule has 1 saturated heterocycles. The van der Waals surface area contributed by atoms with E-state index in [-0.39, 0.29) is 17.5 Å². The van der Waals surface area contributed by atoms with E-state index in [0.717, 1.165) is 25.2 Å². The zero-order valence-corrected chi connectivity index (χ0v) is 12.5. The summed E-state index contributed by atoms with van der Waals surface area (Å²) in [4.78, 5) is 2.37. The van der Waals surface area contributed by atoms with E-state index >= 15 is 0 Å². The average Bonchev–Trinajstić information content (AvgIpc) is 2.45. The topological polar surface area (TPSA) is 55.7 Å². The van der Waals surface area contributed by atoms with Crippen LogP contribution in [0.5, 0.6) is 11.5 Å². The van der Waals surface area contributed by atoms with Crippen LogP contribution in [0, 0.1) is 0 Å². The molecule has 2 atom stereocenters. The molecule has 4 nitrogen and oxygen atoms in total. The first-order valence-electron chi connectivity index (χ1n) is 7.61. The molecule has 0 saturated carbocycles. The van der Waals surface area contributed by atoms with Gasteiger partial charge in [-0.2, -0.15) is 0 Å². The Labute approximate surface area is 121 Å². The zero-order chi connectivity index (χ0) is 14.5. The van der Waals surface area contributed by atoms with Crippen molar-refractivity contribution >= 4 is 0 Å². The second kappa shape index (κ2) is 6.95. The third kappa shape index (κ3) is 3.64. The number of nitrogens with one attached hydrogen (secondary N) is 1. The summed E-state index contributed by atoms with van der Waals surface area (Å²) in [5.41, 5.74) is 0.875. The van der Waals surface area contributed by atoms with Crippen LogP contribution in [0.2, 0.25) is 0 Å². The first kappa shape index (κ1) is 15.1. The highest BCUT2D eigenvalue weighted by molar-refractivity contribution is 5.40. The SMILES string of the molecule is CCN(CC1CCCCN1)C(C)c1ccc(O)cc1O. The van der Waals surface area contributed by atoms with E-state index in [2.05, 4.69) is 24.1 Å². The smallest absolute Gasteiger partial charge is 0.124 e. The lowest BCUT2D eigenvalue weighted by molar-refractivity contribution is 0.182. The molecule has 1 aliphatic heterocycles. The van der Waals surface area contributed by atoms with Crippen LogP contribution < -0.4 is 5.32 Å². The summed E-state index contributed by atoms with van der Waals surface area (Å²) in [5, 5.41) is 23.0. The van der Waals surface area contributed by atoms with E-state index in [0.29, 0.717) is 6.04 Å². The lowest BCUT2D eigenvalue weighted by atomic mass is 10.0. The molecule has 1 heterocycles. The maximum absolute atomic E-state index is 10.0. The Morgan fingerprint density at radius 2 is 2.15 bits per heavy atom. The Bertz CT molecular complexity index is 430. The van der Waals surface area contributed by atoms with Gasteiger partial charge in [0.25, 0.3) is 0 Å². The number of piperidine rings is 1. The molecule has 1 fully saturated rings. The first-order valence-corrected chi connectivity index (χ1v) is 7.61. The number of nitrogens with zero attached hydrogens (tertiary/aromatic N) is 1. The highest BCUT2D eigenvalue weighted by Gasteiger charge is 2.22. The van der Waals surface area contributed by atoms with Gasteiger partial charge in [-0.15, -0.1) is 0 Å². The van der Waals surface area contributed by atoms with Crippen LogP contribution in [-0.4, -0.2) is 40.8 Å². The average molecular weight is 278 g/mol. The van der Waals surface area contributed by atoms with Gasteiger partial charge in [0, 0.05) is 30.3 Å². The maximum Gasteiger partial charge on any atom is 0.124 e. The molecule has 0 spiro atoms. The highest BCUT2D eigenvalue weighted by Crippen LogP contribution is 2.31. The highest BCUT2D eigenvalue weighted by atomic mass is 16.3. The van der Waals surface area contributed by atoms with Gasteiger partial charge in [-0.05, 0) is 38.9 Å². The van der Waals surface area contributed by atoms with Crippen molar-refractivity contribution in [3.63, 3.8) is 0 Å². The Balaban J connectivity index is 2.05. The first-order chi connectivity index (χ1) is 9.61. The summed E-state index contributed by atoms with van der Waals surface area (Å²) in [6.07, 6.45) is 3.80. The Hall–Kier alpha value is -1.26. The second-order valence-corrected chi connectivity index (χ2v) is 5.65. The summed E-state index contributed by atoms with van der Waals surface area (Å²) >= 11 is 0. The van der Waals surface area contributed by atoms with Crippen molar-refractivity contribution in [2.45, 2.75) is 45.2 Å². The number of hydrogen-bond donors (Lipinski definition) is 3. The minimum absolute atomic E-state index is 0.107. The fourth-order valence-electron chi connectivity index (χ4n) is 3.01. The van der Waals surface area contributed by atoms with Gasteiger partial charge in [0.2, 0.25) is 0 Å². The van der Waals surface area contributed by atoms with Gasteiger partial charge in [0.1, 0.15) is 11.5 Å². The largest absolute Gasteiger partial charge is 0.508 e. The van der Waals surface area contributed by atoms with Gasteiger partial charge in [-0.3, -0.25) is 4.90 Å². The molecule has 0 radical (unpaired) electrons. The molecular formula is C16H26N2O2. The standard InChI is InChI=1S/C16H26N2O2/c1-3-18(11-13-6-4-5-9-17-13)12(2)15-8-7-14(19)10-16(15)20/h7-8,10,12-13,17,19-20H,3-6,9,11H2,1-2H3. The predicted octanol–water partition coefficient (Wildman–Crippen LogP) is 2.62. The number of hydrogen-bond acceptors (Lipinski definition) is 4. The van der Waals surface area contributed by atoms with Crippen LogP contribution in [0.4, 0.5) is 0 Å². The fourth-order valence-corrected chi connectivity index (χ4v) is 3.01. The lowest BCUT2D eigenvalue weighted by Gasteiger charge is -2.34. The second-order valence-electron chi connectivity index (χ2n) is 5.65. The van der Waals surface area contributed by atoms with Crippen molar-refractivity contribution in [1.82, 2.24) is 10.2 Å². The van der Waals surface area contributed by atoms with E-state index in [4.69, 9.17) is 0 Å². The summed E-state index contributed by atoms with van der Waals surface area (Å²) in [6.45, 7) is 7.31. The van der Waals surface area contributed by atoms with Crippen LogP contribution in [0.1, 0.15) is 44.7 Å². The molecule has 3 N–H and O–H groups in total. The Morgan fingerprint density at radius 3 is 2.75 bits per heavy atom. The molecule has 0 amide bonds. The van der Waals surface area contributed by atoms with Gasteiger partial charge in [0.15, 0.2) is 0 Å². The van der Waals surface area contributed by atoms with Gasteiger partial charge in [-0.1, -0.05) is 19.4 Å². The third-order valence-electron chi connectivity index (χ3n) is 4.29. The zero-order valence-electron chi connectivity index (χ0n) is 12.5. The third-order valence-corrected chi connectivity index (χ3v) is 4.29. The number of rotatable bonds is 5. The van der Waals surface area contributed by atoms with Crippen LogP contribution in [0.15, 0.2) is 18.2 Å². The molecule has 0 aromatic heterocycles. The molecule has 0 bridgehead atoms. The molecular weight excluding hydrogens is 252 g/mol. The Kier molecular flexibility index (Phi) is 5.26. The normalized spacial score (nSPS) is 21.1. The molecule has 1 aromatic rings. The van der Waals surface area contributed by atoms with Crippen molar-refractivity contribution in [2.75, 3.05) is 19.6 Å². The monoisotopic (exact) mass is 278 g/mol. The summed E-state index contributed by atoms with van der Waals surface area (Å²) < 4.78 is 0. The predicted molar refractivity (Wildman–Crippen MR) is 81.1 cm³/mol. The minimum Gasteiger partial charge on any atom is -0.508 e. The van der Waals surface area contributed by atoms with Gasteiger partial charge < -0.3 is 15.5 Å². The number of aromatic hydroxyl groups is 2. The van der Waals surface area contributed by atoms with Crippen molar-refractivity contribution in [3.8, 4) is 11.5 Å². The molecule has 4 heteroatoms. The molecule has 112 valence electrons. The van der Waals surface area contributed by atoms with Crippen molar-refractivity contribution in [2.24, 2.45) is 0 Å². The quantitative estimate of drug-likeness (QED) is 0.775. The van der Waals surface area contributed by atoms with Crippen molar-refractivity contribution in [1.29, 1.82) is 0 Å². The molecule has 1 aliphatic rings. The number of phenolic OH excluding ortho intramolecular Hbond substituents is 2. The van der Waals surface area contributed by atoms with E-state index in [1.807, 2.05) is 6.07 Å². The summed E-state index contributed by atoms with van der Waals surface area (Å²) in [6, 6.07) is 5.55. The molecule has 20 heavy (non-hydrogen) atoms. The fraction of sp³-hybridized carbons (Fsp3) is 0.625. The van der Waals surface area contributed by atoms with Gasteiger partial charge in [-0.25, -0.2) is 0 Å². The molecule has 2 unspecified atom stereocenters. The van der Waals surface area contributed by atoms with E-state index in [1.54, 1.807) is 6.07 Å². The Morgan fingerprint density at radius 1 is 1.35 bits per heavy atom. The van der Waals surface area contributed by atoms with E-state index < -0.39 is 0 Å². The van der Waals surface area contributed by atoms with Crippen molar-refractivity contribution in [3.05, 3.63) is 23.8 Å². The number of benzene rings is 1. The van der Waals surface area contributed by atoms with Crippen LogP contribution in [0.25, 0.3) is 0 Å². The van der Waals surface area contributed by atoms with Gasteiger partial charge >= 0.3 is 0 Å². The van der Waals surface area contributed by atoms with Crippen LogP contribution in [0.3, 0.4) is 0 Å². The van der Waals surface area contributed by atoms with Crippen LogP contribution in [-0.2, 0) is 0 Å². The van der Waals surface area contributed by atoms with E-state index in [1.165, 1.54) is 25.3 Å². The number of likely N-dealkylation sites (N-methyl/N-ethyl adjacent to an activating group) is 1. The molecule has 2 rings (SSSR count). The summed E-state index contributed by atoms with van der Waals surface area (Å²) in [5.74, 6) is 0.281.